The number of rotatable bonds is 8. The Morgan fingerprint density at radius 1 is 1.12 bits per heavy atom. The van der Waals surface area contributed by atoms with E-state index < -0.39 is 10.0 Å². The monoisotopic (exact) mass is 376 g/mol. The second-order valence-electron chi connectivity index (χ2n) is 5.78. The van der Waals surface area contributed by atoms with Crippen LogP contribution in [0, 0.1) is 0 Å². The third-order valence-electron chi connectivity index (χ3n) is 4.03. The zero-order valence-electron chi connectivity index (χ0n) is 15.0. The summed E-state index contributed by atoms with van der Waals surface area (Å²) in [5.74, 6) is -0.0727. The van der Waals surface area contributed by atoms with Gasteiger partial charge >= 0.3 is 0 Å². The van der Waals surface area contributed by atoms with Crippen molar-refractivity contribution in [3.63, 3.8) is 0 Å². The fourth-order valence-corrected chi connectivity index (χ4v) is 3.01. The van der Waals surface area contributed by atoms with E-state index in [-0.39, 0.29) is 10.8 Å². The molecule has 1 amide bonds. The number of nitrogens with one attached hydrogen (secondary N) is 1. The van der Waals surface area contributed by atoms with E-state index in [4.69, 9.17) is 5.14 Å². The lowest BCUT2D eigenvalue weighted by Gasteiger charge is -2.18. The van der Waals surface area contributed by atoms with Gasteiger partial charge in [-0.3, -0.25) is 4.79 Å². The summed E-state index contributed by atoms with van der Waals surface area (Å²) in [7, 11) is -3.66. The van der Waals surface area contributed by atoms with E-state index in [1.165, 1.54) is 12.1 Å². The first-order valence-electron chi connectivity index (χ1n) is 8.46. The predicted molar refractivity (Wildman–Crippen MR) is 101 cm³/mol. The fraction of sp³-hybridized carbons (Fsp3) is 0.333. The van der Waals surface area contributed by atoms with Crippen LogP contribution in [0.4, 0.5) is 5.69 Å². The smallest absolute Gasteiger partial charge is 0.272 e. The van der Waals surface area contributed by atoms with Crippen molar-refractivity contribution in [1.29, 1.82) is 0 Å². The van der Waals surface area contributed by atoms with Gasteiger partial charge in [0.1, 0.15) is 5.69 Å². The third-order valence-corrected chi connectivity index (χ3v) is 4.96. The topological polar surface area (TPSA) is 105 Å². The van der Waals surface area contributed by atoms with Gasteiger partial charge in [0.15, 0.2) is 0 Å². The minimum Gasteiger partial charge on any atom is -0.383 e. The van der Waals surface area contributed by atoms with E-state index in [0.29, 0.717) is 31.7 Å². The molecule has 0 saturated heterocycles. The fourth-order valence-electron chi connectivity index (χ4n) is 2.49. The molecule has 0 unspecified atom stereocenters. The first-order valence-corrected chi connectivity index (χ1v) is 10.0. The highest BCUT2D eigenvalue weighted by Gasteiger charge is 2.13. The van der Waals surface area contributed by atoms with Gasteiger partial charge in [0.2, 0.25) is 10.0 Å². The van der Waals surface area contributed by atoms with Crippen molar-refractivity contribution in [1.82, 2.24) is 9.88 Å². The Balaban J connectivity index is 1.89. The summed E-state index contributed by atoms with van der Waals surface area (Å²) in [6.45, 7) is 5.84. The predicted octanol–water partition coefficient (Wildman–Crippen LogP) is 1.87. The lowest BCUT2D eigenvalue weighted by molar-refractivity contribution is 0.0767. The number of primary sulfonamides is 1. The highest BCUT2D eigenvalue weighted by atomic mass is 32.2. The molecular formula is C18H24N4O3S. The molecule has 8 heteroatoms. The molecule has 2 aromatic rings. The van der Waals surface area contributed by atoms with Gasteiger partial charge in [-0.2, -0.15) is 0 Å². The average molecular weight is 376 g/mol. The second-order valence-corrected chi connectivity index (χ2v) is 7.34. The van der Waals surface area contributed by atoms with E-state index in [0.717, 1.165) is 11.3 Å². The minimum atomic E-state index is -3.66. The zero-order chi connectivity index (χ0) is 19.2. The van der Waals surface area contributed by atoms with Crippen LogP contribution in [-0.4, -0.2) is 43.8 Å². The number of sulfonamides is 1. The van der Waals surface area contributed by atoms with Crippen LogP contribution in [-0.2, 0) is 16.4 Å². The maximum atomic E-state index is 12.2. The minimum absolute atomic E-state index is 0.0727. The van der Waals surface area contributed by atoms with Crippen molar-refractivity contribution in [2.75, 3.05) is 25.0 Å². The summed E-state index contributed by atoms with van der Waals surface area (Å²) in [5, 5.41) is 8.31. The Hall–Kier alpha value is -2.45. The third kappa shape index (κ3) is 5.27. The molecular weight excluding hydrogens is 352 g/mol. The number of aromatic nitrogens is 1. The van der Waals surface area contributed by atoms with E-state index >= 15 is 0 Å². The van der Waals surface area contributed by atoms with E-state index in [1.54, 1.807) is 29.3 Å². The molecule has 1 aromatic carbocycles. The molecule has 26 heavy (non-hydrogen) atoms. The Bertz CT molecular complexity index is 830. The SMILES string of the molecule is CCN(CC)C(=O)c1ccc(NCCc2ccc(S(N)(=O)=O)cc2)cn1. The van der Waals surface area contributed by atoms with E-state index in [9.17, 15) is 13.2 Å². The second kappa shape index (κ2) is 8.77. The molecule has 0 saturated carbocycles. The van der Waals surface area contributed by atoms with Crippen molar-refractivity contribution in [3.05, 3.63) is 53.9 Å². The number of amides is 1. The number of hydrogen-bond donors (Lipinski definition) is 2. The van der Waals surface area contributed by atoms with Crippen LogP contribution in [0.25, 0.3) is 0 Å². The van der Waals surface area contributed by atoms with Gasteiger partial charge in [0, 0.05) is 19.6 Å². The number of nitrogens with two attached hydrogens (primary N) is 1. The first kappa shape index (κ1) is 19.9. The molecule has 3 N–H and O–H groups in total. The first-order chi connectivity index (χ1) is 12.3. The Morgan fingerprint density at radius 3 is 2.27 bits per heavy atom. The van der Waals surface area contributed by atoms with Crippen LogP contribution < -0.4 is 10.5 Å². The zero-order valence-corrected chi connectivity index (χ0v) is 15.8. The van der Waals surface area contributed by atoms with Gasteiger partial charge in [-0.25, -0.2) is 18.5 Å². The van der Waals surface area contributed by atoms with Gasteiger partial charge in [-0.05, 0) is 50.1 Å². The lowest BCUT2D eigenvalue weighted by Crippen LogP contribution is -2.31. The van der Waals surface area contributed by atoms with Crippen molar-refractivity contribution in [3.8, 4) is 0 Å². The molecule has 0 radical (unpaired) electrons. The summed E-state index contributed by atoms with van der Waals surface area (Å²) >= 11 is 0. The van der Waals surface area contributed by atoms with Crippen LogP contribution in [0.15, 0.2) is 47.5 Å². The molecule has 0 bridgehead atoms. The summed E-state index contributed by atoms with van der Waals surface area (Å²) in [6, 6.07) is 10.0. The summed E-state index contributed by atoms with van der Waals surface area (Å²) in [5.41, 5.74) is 2.24. The maximum absolute atomic E-state index is 12.2. The molecule has 7 nitrogen and oxygen atoms in total. The van der Waals surface area contributed by atoms with Crippen molar-refractivity contribution in [2.24, 2.45) is 5.14 Å². The molecule has 0 aliphatic heterocycles. The van der Waals surface area contributed by atoms with Crippen molar-refractivity contribution >= 4 is 21.6 Å². The lowest BCUT2D eigenvalue weighted by atomic mass is 10.1. The molecule has 140 valence electrons. The number of hydrogen-bond acceptors (Lipinski definition) is 5. The van der Waals surface area contributed by atoms with E-state index in [2.05, 4.69) is 10.3 Å². The van der Waals surface area contributed by atoms with E-state index in [1.807, 2.05) is 19.9 Å². The van der Waals surface area contributed by atoms with Crippen LogP contribution in [0.3, 0.4) is 0 Å². The molecule has 1 aromatic heterocycles. The van der Waals surface area contributed by atoms with Crippen molar-refractivity contribution in [2.45, 2.75) is 25.2 Å². The number of benzene rings is 1. The molecule has 0 fully saturated rings. The number of carbonyl (C=O) groups excluding carboxylic acids is 1. The van der Waals surface area contributed by atoms with Crippen LogP contribution in [0.1, 0.15) is 29.9 Å². The molecule has 0 aliphatic carbocycles. The number of pyridine rings is 1. The summed E-state index contributed by atoms with van der Waals surface area (Å²) in [6.07, 6.45) is 2.35. The largest absolute Gasteiger partial charge is 0.383 e. The average Bonchev–Trinajstić information content (AvgIpc) is 2.63. The number of anilines is 1. The van der Waals surface area contributed by atoms with Gasteiger partial charge in [-0.15, -0.1) is 0 Å². The van der Waals surface area contributed by atoms with Crippen LogP contribution in [0.5, 0.6) is 0 Å². The molecule has 2 rings (SSSR count). The molecule has 0 aliphatic rings. The quantitative estimate of drug-likeness (QED) is 0.732. The molecule has 0 spiro atoms. The highest BCUT2D eigenvalue weighted by molar-refractivity contribution is 7.89. The number of carbonyl (C=O) groups is 1. The Morgan fingerprint density at radius 2 is 1.77 bits per heavy atom. The van der Waals surface area contributed by atoms with Gasteiger partial charge in [-0.1, -0.05) is 12.1 Å². The van der Waals surface area contributed by atoms with Gasteiger partial charge in [0.25, 0.3) is 5.91 Å². The normalized spacial score (nSPS) is 11.2. The van der Waals surface area contributed by atoms with Crippen molar-refractivity contribution < 1.29 is 13.2 Å². The van der Waals surface area contributed by atoms with Gasteiger partial charge in [0.05, 0.1) is 16.8 Å². The molecule has 0 atom stereocenters. The van der Waals surface area contributed by atoms with Crippen LogP contribution in [0.2, 0.25) is 0 Å². The Kier molecular flexibility index (Phi) is 6.70. The van der Waals surface area contributed by atoms with Crippen LogP contribution >= 0.6 is 0 Å². The maximum Gasteiger partial charge on any atom is 0.272 e. The van der Waals surface area contributed by atoms with Gasteiger partial charge < -0.3 is 10.2 Å². The summed E-state index contributed by atoms with van der Waals surface area (Å²) < 4.78 is 22.5. The standard InChI is InChI=1S/C18H24N4O3S/c1-3-22(4-2)18(23)17-10-7-15(13-21-17)20-12-11-14-5-8-16(9-6-14)26(19,24)25/h5-10,13,20H,3-4,11-12H2,1-2H3,(H2,19,24,25). The summed E-state index contributed by atoms with van der Waals surface area (Å²) in [4.78, 5) is 18.3. The molecule has 1 heterocycles. The highest BCUT2D eigenvalue weighted by Crippen LogP contribution is 2.11. The Labute approximate surface area is 154 Å². The number of nitrogens with zero attached hydrogens (tertiary/aromatic N) is 2.